The molecule has 0 saturated heterocycles. The molecule has 0 aliphatic heterocycles. The number of halogens is 2. The van der Waals surface area contributed by atoms with Gasteiger partial charge in [-0.25, -0.2) is 4.39 Å². The molecule has 1 N–H and O–H groups in total. The fourth-order valence-electron chi connectivity index (χ4n) is 2.02. The minimum Gasteiger partial charge on any atom is -0.417 e. The number of aromatic nitrogens is 3. The van der Waals surface area contributed by atoms with Crippen molar-refractivity contribution in [1.29, 1.82) is 0 Å². The van der Waals surface area contributed by atoms with Crippen LogP contribution in [0.4, 0.5) is 4.39 Å². The van der Waals surface area contributed by atoms with Crippen LogP contribution in [0.3, 0.4) is 0 Å². The molecule has 8 heteroatoms. The lowest BCUT2D eigenvalue weighted by atomic mass is 10.1. The number of benzene rings is 1. The Balaban J connectivity index is 1.66. The van der Waals surface area contributed by atoms with Gasteiger partial charge in [0, 0.05) is 16.8 Å². The minimum atomic E-state index is -0.529. The third-order valence-electron chi connectivity index (χ3n) is 3.21. The molecule has 0 radical (unpaired) electrons. The second-order valence-corrected chi connectivity index (χ2v) is 5.29. The van der Waals surface area contributed by atoms with Gasteiger partial charge in [-0.3, -0.25) is 9.78 Å². The summed E-state index contributed by atoms with van der Waals surface area (Å²) >= 11 is 5.95. The lowest BCUT2D eigenvalue weighted by Gasteiger charge is -2.02. The van der Waals surface area contributed by atoms with Gasteiger partial charge in [-0.2, -0.15) is 0 Å². The number of carbonyl (C=O) groups excluding carboxylic acids is 1. The maximum absolute atomic E-state index is 13.7. The van der Waals surface area contributed by atoms with Crippen LogP contribution in [0.5, 0.6) is 0 Å². The number of pyridine rings is 1. The molecule has 24 heavy (non-hydrogen) atoms. The number of carbonyl (C=O) groups is 1. The average molecular weight is 347 g/mol. The molecule has 0 bridgehead atoms. The van der Waals surface area contributed by atoms with Crippen LogP contribution in [-0.2, 0) is 13.0 Å². The quantitative estimate of drug-likeness (QED) is 0.768. The first-order valence-electron chi connectivity index (χ1n) is 7.07. The average Bonchev–Trinajstić information content (AvgIpc) is 3.06. The first kappa shape index (κ1) is 16.1. The molecular weight excluding hydrogens is 335 g/mol. The summed E-state index contributed by atoms with van der Waals surface area (Å²) < 4.78 is 19.0. The Morgan fingerprint density at radius 1 is 1.21 bits per heavy atom. The number of nitrogens with zero attached hydrogens (tertiary/aromatic N) is 3. The molecule has 2 aromatic heterocycles. The summed E-state index contributed by atoms with van der Waals surface area (Å²) in [4.78, 5) is 16.1. The van der Waals surface area contributed by atoms with Crippen molar-refractivity contribution >= 4 is 17.5 Å². The Bertz CT molecular complexity index is 834. The van der Waals surface area contributed by atoms with Gasteiger partial charge < -0.3 is 9.73 Å². The van der Waals surface area contributed by atoms with Gasteiger partial charge in [-0.15, -0.1) is 10.2 Å². The molecule has 1 aromatic carbocycles. The van der Waals surface area contributed by atoms with Crippen LogP contribution in [0.15, 0.2) is 47.0 Å². The molecule has 0 fully saturated rings. The van der Waals surface area contributed by atoms with E-state index in [1.165, 1.54) is 12.1 Å². The van der Waals surface area contributed by atoms with Crippen LogP contribution in [-0.4, -0.2) is 21.1 Å². The van der Waals surface area contributed by atoms with Gasteiger partial charge in [0.1, 0.15) is 5.82 Å². The number of hydrogen-bond donors (Lipinski definition) is 1. The highest BCUT2D eigenvalue weighted by Crippen LogP contribution is 2.21. The summed E-state index contributed by atoms with van der Waals surface area (Å²) in [6, 6.07) is 9.74. The zero-order valence-corrected chi connectivity index (χ0v) is 13.1. The summed E-state index contributed by atoms with van der Waals surface area (Å²) in [6.45, 7) is 0.233. The topological polar surface area (TPSA) is 80.9 Å². The number of rotatable bonds is 5. The van der Waals surface area contributed by atoms with Crippen LogP contribution < -0.4 is 5.32 Å². The summed E-state index contributed by atoms with van der Waals surface area (Å²) in [5.74, 6) is -1.10. The summed E-state index contributed by atoms with van der Waals surface area (Å²) in [5.41, 5.74) is 0.937. The standard InChI is InChI=1S/C16H12ClFN4O2/c17-12-5-3-6-13(18)11(12)8-14-21-22-16(24-14)15(23)20-9-10-4-1-2-7-19-10/h1-7H,8-9H2,(H,20,23). The van der Waals surface area contributed by atoms with E-state index in [1.807, 2.05) is 6.07 Å². The van der Waals surface area contributed by atoms with Crippen molar-refractivity contribution in [3.8, 4) is 0 Å². The van der Waals surface area contributed by atoms with Crippen molar-refractivity contribution in [3.63, 3.8) is 0 Å². The van der Waals surface area contributed by atoms with Crippen LogP contribution in [0.2, 0.25) is 5.02 Å². The van der Waals surface area contributed by atoms with E-state index in [1.54, 1.807) is 24.4 Å². The fraction of sp³-hybridized carbons (Fsp3) is 0.125. The van der Waals surface area contributed by atoms with Gasteiger partial charge in [-0.05, 0) is 24.3 Å². The van der Waals surface area contributed by atoms with E-state index in [-0.39, 0.29) is 35.3 Å². The Labute approximate surface area is 141 Å². The normalized spacial score (nSPS) is 10.6. The zero-order chi connectivity index (χ0) is 16.9. The highest BCUT2D eigenvalue weighted by atomic mass is 35.5. The van der Waals surface area contributed by atoms with Crippen molar-refractivity contribution in [1.82, 2.24) is 20.5 Å². The summed E-state index contributed by atoms with van der Waals surface area (Å²) in [6.07, 6.45) is 1.64. The monoisotopic (exact) mass is 346 g/mol. The molecule has 122 valence electrons. The smallest absolute Gasteiger partial charge is 0.309 e. The molecule has 2 heterocycles. The second kappa shape index (κ2) is 7.18. The third-order valence-corrected chi connectivity index (χ3v) is 3.56. The van der Waals surface area contributed by atoms with E-state index in [4.69, 9.17) is 16.0 Å². The number of hydrogen-bond acceptors (Lipinski definition) is 5. The molecule has 0 atom stereocenters. The summed E-state index contributed by atoms with van der Waals surface area (Å²) in [7, 11) is 0. The molecule has 3 aromatic rings. The van der Waals surface area contributed by atoms with Gasteiger partial charge in [0.25, 0.3) is 0 Å². The Morgan fingerprint density at radius 3 is 2.83 bits per heavy atom. The highest BCUT2D eigenvalue weighted by Gasteiger charge is 2.17. The maximum Gasteiger partial charge on any atom is 0.309 e. The lowest BCUT2D eigenvalue weighted by Crippen LogP contribution is -2.23. The van der Waals surface area contributed by atoms with E-state index in [9.17, 15) is 9.18 Å². The second-order valence-electron chi connectivity index (χ2n) is 4.88. The number of nitrogens with one attached hydrogen (secondary N) is 1. The van der Waals surface area contributed by atoms with E-state index in [2.05, 4.69) is 20.5 Å². The largest absolute Gasteiger partial charge is 0.417 e. The predicted molar refractivity (Wildman–Crippen MR) is 83.9 cm³/mol. The van der Waals surface area contributed by atoms with E-state index < -0.39 is 11.7 Å². The fourth-order valence-corrected chi connectivity index (χ4v) is 2.25. The lowest BCUT2D eigenvalue weighted by molar-refractivity contribution is 0.0914. The van der Waals surface area contributed by atoms with Crippen molar-refractivity contribution in [2.24, 2.45) is 0 Å². The van der Waals surface area contributed by atoms with Crippen LogP contribution >= 0.6 is 11.6 Å². The molecule has 1 amide bonds. The molecule has 0 unspecified atom stereocenters. The molecule has 0 saturated carbocycles. The Morgan fingerprint density at radius 2 is 2.08 bits per heavy atom. The molecule has 0 aliphatic rings. The zero-order valence-electron chi connectivity index (χ0n) is 12.4. The Hall–Kier alpha value is -2.80. The summed E-state index contributed by atoms with van der Waals surface area (Å²) in [5, 5.41) is 10.3. The third kappa shape index (κ3) is 3.75. The Kier molecular flexibility index (Phi) is 4.81. The molecule has 0 aliphatic carbocycles. The van der Waals surface area contributed by atoms with Crippen LogP contribution in [0, 0.1) is 5.82 Å². The van der Waals surface area contributed by atoms with Crippen molar-refractivity contribution in [2.75, 3.05) is 0 Å². The van der Waals surface area contributed by atoms with Gasteiger partial charge in [0.05, 0.1) is 18.7 Å². The predicted octanol–water partition coefficient (Wildman–Crippen LogP) is 2.78. The van der Waals surface area contributed by atoms with Crippen molar-refractivity contribution < 1.29 is 13.6 Å². The van der Waals surface area contributed by atoms with Crippen LogP contribution in [0.1, 0.15) is 27.8 Å². The van der Waals surface area contributed by atoms with Gasteiger partial charge >= 0.3 is 11.8 Å². The van der Waals surface area contributed by atoms with Gasteiger partial charge in [0.15, 0.2) is 0 Å². The van der Waals surface area contributed by atoms with Crippen molar-refractivity contribution in [2.45, 2.75) is 13.0 Å². The van der Waals surface area contributed by atoms with Gasteiger partial charge in [0.2, 0.25) is 5.89 Å². The van der Waals surface area contributed by atoms with E-state index >= 15 is 0 Å². The SMILES string of the molecule is O=C(NCc1ccccn1)c1nnc(Cc2c(F)cccc2Cl)o1. The molecule has 3 rings (SSSR count). The van der Waals surface area contributed by atoms with Crippen LogP contribution in [0.25, 0.3) is 0 Å². The van der Waals surface area contributed by atoms with Crippen molar-refractivity contribution in [3.05, 3.63) is 76.5 Å². The van der Waals surface area contributed by atoms with E-state index in [0.29, 0.717) is 5.69 Å². The van der Waals surface area contributed by atoms with Gasteiger partial charge in [-0.1, -0.05) is 23.7 Å². The highest BCUT2D eigenvalue weighted by molar-refractivity contribution is 6.31. The first-order valence-corrected chi connectivity index (χ1v) is 7.44. The minimum absolute atomic E-state index is 0.00598. The maximum atomic E-state index is 13.7. The first-order chi connectivity index (χ1) is 11.6. The van der Waals surface area contributed by atoms with E-state index in [0.717, 1.165) is 0 Å². The number of amides is 1. The molecule has 6 nitrogen and oxygen atoms in total. The molecular formula is C16H12ClFN4O2. The molecule has 0 spiro atoms.